The first-order valence-corrected chi connectivity index (χ1v) is 7.34. The highest BCUT2D eigenvalue weighted by molar-refractivity contribution is 6.31. The molecule has 0 aromatic heterocycles. The molecule has 3 heteroatoms. The van der Waals surface area contributed by atoms with Crippen LogP contribution in [0.1, 0.15) is 48.7 Å². The van der Waals surface area contributed by atoms with Crippen molar-refractivity contribution in [1.29, 1.82) is 0 Å². The van der Waals surface area contributed by atoms with Crippen molar-refractivity contribution in [3.05, 3.63) is 70.0 Å². The fourth-order valence-corrected chi connectivity index (χ4v) is 2.29. The molecule has 0 saturated carbocycles. The second-order valence-electron chi connectivity index (χ2n) is 5.75. The number of carbonyl (C=O) groups is 1. The van der Waals surface area contributed by atoms with Crippen molar-refractivity contribution in [3.8, 4) is 0 Å². The van der Waals surface area contributed by atoms with Crippen LogP contribution in [0.15, 0.2) is 42.5 Å². The first kappa shape index (κ1) is 15.7. The molecule has 2 rings (SSSR count). The van der Waals surface area contributed by atoms with E-state index in [1.54, 1.807) is 18.2 Å². The van der Waals surface area contributed by atoms with E-state index in [0.29, 0.717) is 5.56 Å². The van der Waals surface area contributed by atoms with Gasteiger partial charge in [-0.05, 0) is 29.5 Å². The van der Waals surface area contributed by atoms with E-state index in [1.165, 1.54) is 12.1 Å². The average molecular weight is 305 g/mol. The molecule has 0 fully saturated rings. The lowest BCUT2D eigenvalue weighted by Crippen LogP contribution is -2.15. The smallest absolute Gasteiger partial charge is 0.196 e. The van der Waals surface area contributed by atoms with E-state index in [4.69, 9.17) is 11.6 Å². The molecule has 0 unspecified atom stereocenters. The number of halogens is 2. The van der Waals surface area contributed by atoms with Gasteiger partial charge in [-0.15, -0.1) is 0 Å². The maximum Gasteiger partial charge on any atom is 0.196 e. The van der Waals surface area contributed by atoms with E-state index in [1.807, 2.05) is 12.1 Å². The molecule has 0 atom stereocenters. The molecule has 0 bridgehead atoms. The number of hydrogen-bond acceptors (Lipinski definition) is 1. The largest absolute Gasteiger partial charge is 0.288 e. The standard InChI is InChI=1S/C18H18ClFO/c1-4-18(2,3)13-10-8-12(9-11-13)17(21)14-6-5-7-15(19)16(14)20/h5-11H,4H2,1-3H3. The first-order chi connectivity index (χ1) is 9.86. The van der Waals surface area contributed by atoms with Gasteiger partial charge >= 0.3 is 0 Å². The minimum Gasteiger partial charge on any atom is -0.288 e. The molecule has 0 amide bonds. The molecule has 0 aliphatic carbocycles. The molecule has 2 aromatic rings. The molecule has 21 heavy (non-hydrogen) atoms. The summed E-state index contributed by atoms with van der Waals surface area (Å²) in [5, 5.41) is -0.0374. The van der Waals surface area contributed by atoms with Gasteiger partial charge in [-0.1, -0.05) is 62.7 Å². The summed E-state index contributed by atoms with van der Waals surface area (Å²) in [6.45, 7) is 6.43. The van der Waals surface area contributed by atoms with Crippen LogP contribution < -0.4 is 0 Å². The molecule has 0 spiro atoms. The zero-order chi connectivity index (χ0) is 15.6. The molecule has 0 aliphatic heterocycles. The molecule has 2 aromatic carbocycles. The van der Waals surface area contributed by atoms with Crippen LogP contribution in [-0.2, 0) is 5.41 Å². The molecule has 0 radical (unpaired) electrons. The minimum absolute atomic E-state index is 0.00463. The lowest BCUT2D eigenvalue weighted by atomic mass is 9.82. The summed E-state index contributed by atoms with van der Waals surface area (Å²) in [6.07, 6.45) is 1.00. The van der Waals surface area contributed by atoms with Crippen molar-refractivity contribution >= 4 is 17.4 Å². The van der Waals surface area contributed by atoms with Gasteiger partial charge in [0, 0.05) is 5.56 Å². The molecule has 1 nitrogen and oxygen atoms in total. The zero-order valence-corrected chi connectivity index (χ0v) is 13.2. The van der Waals surface area contributed by atoms with Crippen LogP contribution in [0.25, 0.3) is 0 Å². The van der Waals surface area contributed by atoms with Crippen LogP contribution in [0.4, 0.5) is 4.39 Å². The Kier molecular flexibility index (Phi) is 4.48. The third-order valence-electron chi connectivity index (χ3n) is 4.01. The average Bonchev–Trinajstić information content (AvgIpc) is 2.49. The van der Waals surface area contributed by atoms with Gasteiger partial charge in [0.15, 0.2) is 11.6 Å². The third-order valence-corrected chi connectivity index (χ3v) is 4.30. The van der Waals surface area contributed by atoms with Crippen LogP contribution in [0.2, 0.25) is 5.02 Å². The summed E-state index contributed by atoms with van der Waals surface area (Å²) in [5.74, 6) is -1.02. The fourth-order valence-electron chi connectivity index (χ4n) is 2.11. The Morgan fingerprint density at radius 1 is 1.14 bits per heavy atom. The van der Waals surface area contributed by atoms with Crippen LogP contribution in [0, 0.1) is 5.82 Å². The minimum atomic E-state index is -0.665. The van der Waals surface area contributed by atoms with E-state index in [-0.39, 0.29) is 21.8 Å². The fraction of sp³-hybridized carbons (Fsp3) is 0.278. The van der Waals surface area contributed by atoms with Crippen LogP contribution in [0.3, 0.4) is 0 Å². The van der Waals surface area contributed by atoms with Gasteiger partial charge in [-0.2, -0.15) is 0 Å². The van der Waals surface area contributed by atoms with Crippen LogP contribution in [-0.4, -0.2) is 5.78 Å². The second-order valence-corrected chi connectivity index (χ2v) is 6.15. The van der Waals surface area contributed by atoms with Crippen molar-refractivity contribution in [1.82, 2.24) is 0 Å². The van der Waals surface area contributed by atoms with E-state index in [9.17, 15) is 9.18 Å². The number of benzene rings is 2. The molecule has 0 heterocycles. The maximum absolute atomic E-state index is 13.9. The van der Waals surface area contributed by atoms with Gasteiger partial charge in [0.05, 0.1) is 10.6 Å². The quantitative estimate of drug-likeness (QED) is 0.691. The van der Waals surface area contributed by atoms with E-state index >= 15 is 0 Å². The predicted molar refractivity (Wildman–Crippen MR) is 84.6 cm³/mol. The third kappa shape index (κ3) is 3.16. The van der Waals surface area contributed by atoms with Crippen molar-refractivity contribution in [3.63, 3.8) is 0 Å². The first-order valence-electron chi connectivity index (χ1n) is 6.96. The van der Waals surface area contributed by atoms with Gasteiger partial charge in [0.25, 0.3) is 0 Å². The van der Waals surface area contributed by atoms with Crippen LogP contribution >= 0.6 is 11.6 Å². The Balaban J connectivity index is 2.35. The zero-order valence-electron chi connectivity index (χ0n) is 12.4. The van der Waals surface area contributed by atoms with Gasteiger partial charge in [0.2, 0.25) is 0 Å². The Morgan fingerprint density at radius 3 is 2.33 bits per heavy atom. The predicted octanol–water partition coefficient (Wildman–Crippen LogP) is 5.40. The Bertz CT molecular complexity index is 659. The molecular formula is C18H18ClFO. The number of rotatable bonds is 4. The lowest BCUT2D eigenvalue weighted by molar-refractivity contribution is 0.103. The Morgan fingerprint density at radius 2 is 1.76 bits per heavy atom. The van der Waals surface area contributed by atoms with Gasteiger partial charge in [0.1, 0.15) is 0 Å². The summed E-state index contributed by atoms with van der Waals surface area (Å²) < 4.78 is 13.9. The van der Waals surface area contributed by atoms with Crippen molar-refractivity contribution in [2.75, 3.05) is 0 Å². The number of carbonyl (C=O) groups excluding carboxylic acids is 1. The van der Waals surface area contributed by atoms with E-state index < -0.39 is 5.82 Å². The summed E-state index contributed by atoms with van der Waals surface area (Å²) in [7, 11) is 0. The summed E-state index contributed by atoms with van der Waals surface area (Å²) in [6, 6.07) is 11.8. The lowest BCUT2D eigenvalue weighted by Gasteiger charge is -2.23. The van der Waals surface area contributed by atoms with Gasteiger partial charge in [-0.25, -0.2) is 4.39 Å². The maximum atomic E-state index is 13.9. The molecule has 0 N–H and O–H groups in total. The highest BCUT2D eigenvalue weighted by Crippen LogP contribution is 2.27. The van der Waals surface area contributed by atoms with E-state index in [0.717, 1.165) is 12.0 Å². The number of ketones is 1. The van der Waals surface area contributed by atoms with Gasteiger partial charge < -0.3 is 0 Å². The van der Waals surface area contributed by atoms with Crippen molar-refractivity contribution in [2.24, 2.45) is 0 Å². The monoisotopic (exact) mass is 304 g/mol. The van der Waals surface area contributed by atoms with Crippen LogP contribution in [0.5, 0.6) is 0 Å². The van der Waals surface area contributed by atoms with Gasteiger partial charge in [-0.3, -0.25) is 4.79 Å². The highest BCUT2D eigenvalue weighted by atomic mass is 35.5. The highest BCUT2D eigenvalue weighted by Gasteiger charge is 2.20. The number of hydrogen-bond donors (Lipinski definition) is 0. The Hall–Kier alpha value is -1.67. The summed E-state index contributed by atoms with van der Waals surface area (Å²) in [5.41, 5.74) is 1.69. The molecular weight excluding hydrogens is 287 g/mol. The van der Waals surface area contributed by atoms with E-state index in [2.05, 4.69) is 20.8 Å². The molecule has 110 valence electrons. The topological polar surface area (TPSA) is 17.1 Å². The summed E-state index contributed by atoms with van der Waals surface area (Å²) >= 11 is 5.72. The van der Waals surface area contributed by atoms with Crippen molar-refractivity contribution < 1.29 is 9.18 Å². The normalized spacial score (nSPS) is 11.5. The Labute approximate surface area is 129 Å². The van der Waals surface area contributed by atoms with Crippen molar-refractivity contribution in [2.45, 2.75) is 32.6 Å². The summed E-state index contributed by atoms with van der Waals surface area (Å²) in [4.78, 5) is 12.4. The molecule has 0 saturated heterocycles. The SMILES string of the molecule is CCC(C)(C)c1ccc(C(=O)c2cccc(Cl)c2F)cc1. The second kappa shape index (κ2) is 5.98. The molecule has 0 aliphatic rings.